The van der Waals surface area contributed by atoms with Gasteiger partial charge in [-0.1, -0.05) is 19.1 Å². The molecule has 0 bridgehead atoms. The number of rotatable bonds is 5. The Hall–Kier alpha value is -0.990. The molecule has 0 aliphatic carbocycles. The highest BCUT2D eigenvalue weighted by Crippen LogP contribution is 2.05. The number of hydrogen-bond acceptors (Lipinski definition) is 4. The van der Waals surface area contributed by atoms with Gasteiger partial charge in [-0.2, -0.15) is 0 Å². The maximum Gasteiger partial charge on any atom is 0.258 e. The van der Waals surface area contributed by atoms with Crippen molar-refractivity contribution in [2.45, 2.75) is 18.4 Å². The van der Waals surface area contributed by atoms with E-state index in [9.17, 15) is 8.42 Å². The van der Waals surface area contributed by atoms with E-state index in [1.165, 1.54) is 6.20 Å². The Kier molecular flexibility index (Phi) is 3.77. The number of aromatic amines is 1. The number of aryl methyl sites for hydroxylation is 1. The first-order valence-corrected chi connectivity index (χ1v) is 6.16. The third-order valence-electron chi connectivity index (χ3n) is 1.67. The second-order valence-electron chi connectivity index (χ2n) is 2.84. The molecule has 0 saturated carbocycles. The summed E-state index contributed by atoms with van der Waals surface area (Å²) in [7, 11) is -3.58. The molecule has 4 N–H and O–H groups in total. The lowest BCUT2D eigenvalue weighted by atomic mass is 10.5. The molecule has 1 aromatic rings. The van der Waals surface area contributed by atoms with Gasteiger partial charge in [0.15, 0.2) is 5.03 Å². The summed E-state index contributed by atoms with van der Waals surface area (Å²) in [6.45, 7) is 1.82. The summed E-state index contributed by atoms with van der Waals surface area (Å²) < 4.78 is 25.4. The van der Waals surface area contributed by atoms with Crippen LogP contribution < -0.4 is 10.5 Å². The molecule has 15 heavy (non-hydrogen) atoms. The highest BCUT2D eigenvalue weighted by molar-refractivity contribution is 7.89. The van der Waals surface area contributed by atoms with Crippen LogP contribution in [0.2, 0.25) is 0 Å². The minimum atomic E-state index is -3.58. The molecular formula is C7H12N4O2S2. The van der Waals surface area contributed by atoms with E-state index < -0.39 is 10.0 Å². The fourth-order valence-electron chi connectivity index (χ4n) is 0.903. The maximum absolute atomic E-state index is 11.6. The van der Waals surface area contributed by atoms with Gasteiger partial charge in [-0.25, -0.2) is 18.1 Å². The minimum Gasteiger partial charge on any atom is -0.392 e. The number of aromatic nitrogens is 2. The predicted molar refractivity (Wildman–Crippen MR) is 59.9 cm³/mol. The summed E-state index contributed by atoms with van der Waals surface area (Å²) in [5.41, 5.74) is 5.19. The fraction of sp³-hybridized carbons (Fsp3) is 0.429. The van der Waals surface area contributed by atoms with E-state index in [0.29, 0.717) is 12.2 Å². The van der Waals surface area contributed by atoms with Gasteiger partial charge in [0, 0.05) is 6.42 Å². The second kappa shape index (κ2) is 4.69. The van der Waals surface area contributed by atoms with Crippen molar-refractivity contribution < 1.29 is 8.42 Å². The number of nitrogens with two attached hydrogens (primary N) is 1. The molecule has 0 fully saturated rings. The maximum atomic E-state index is 11.6. The van der Waals surface area contributed by atoms with E-state index in [4.69, 9.17) is 5.73 Å². The van der Waals surface area contributed by atoms with Crippen molar-refractivity contribution >= 4 is 27.2 Å². The number of hydrogen-bond donors (Lipinski definition) is 3. The molecule has 0 aliphatic heterocycles. The van der Waals surface area contributed by atoms with Crippen LogP contribution in [-0.2, 0) is 16.4 Å². The quantitative estimate of drug-likeness (QED) is 0.612. The third-order valence-corrected chi connectivity index (χ3v) is 3.12. The van der Waals surface area contributed by atoms with Gasteiger partial charge < -0.3 is 10.7 Å². The largest absolute Gasteiger partial charge is 0.392 e. The van der Waals surface area contributed by atoms with Gasteiger partial charge >= 0.3 is 0 Å². The van der Waals surface area contributed by atoms with E-state index in [1.807, 2.05) is 6.92 Å². The number of imidazole rings is 1. The lowest BCUT2D eigenvalue weighted by Crippen LogP contribution is -2.32. The zero-order chi connectivity index (χ0) is 11.5. The monoisotopic (exact) mass is 248 g/mol. The molecule has 0 amide bonds. The summed E-state index contributed by atoms with van der Waals surface area (Å²) in [6, 6.07) is 0. The van der Waals surface area contributed by atoms with Gasteiger partial charge in [0.1, 0.15) is 5.82 Å². The molecule has 1 aromatic heterocycles. The molecule has 0 aromatic carbocycles. The molecule has 0 aliphatic rings. The summed E-state index contributed by atoms with van der Waals surface area (Å²) in [5, 5.41) is 0.0237. The third kappa shape index (κ3) is 3.26. The lowest BCUT2D eigenvalue weighted by Gasteiger charge is -2.02. The molecule has 1 rings (SSSR count). The Morgan fingerprint density at radius 1 is 1.73 bits per heavy atom. The Labute approximate surface area is 93.3 Å². The predicted octanol–water partition coefficient (Wildman–Crippen LogP) is -0.463. The summed E-state index contributed by atoms with van der Waals surface area (Å²) >= 11 is 4.57. The van der Waals surface area contributed by atoms with Crippen molar-refractivity contribution in [3.8, 4) is 0 Å². The Morgan fingerprint density at radius 3 is 2.87 bits per heavy atom. The highest BCUT2D eigenvalue weighted by Gasteiger charge is 2.16. The van der Waals surface area contributed by atoms with Gasteiger partial charge in [-0.15, -0.1) is 0 Å². The minimum absolute atomic E-state index is 0.0237. The summed E-state index contributed by atoms with van der Waals surface area (Å²) in [5.74, 6) is 0.616. The molecule has 0 unspecified atom stereocenters. The topological polar surface area (TPSA) is 101 Å². The Morgan fingerprint density at radius 2 is 2.40 bits per heavy atom. The summed E-state index contributed by atoms with van der Waals surface area (Å²) in [6.07, 6.45) is 1.91. The number of sulfonamides is 1. The fourth-order valence-corrected chi connectivity index (χ4v) is 2.01. The van der Waals surface area contributed by atoms with Crippen molar-refractivity contribution in [3.05, 3.63) is 12.0 Å². The molecule has 8 heteroatoms. The molecule has 0 saturated heterocycles. The lowest BCUT2D eigenvalue weighted by molar-refractivity contribution is 0.583. The van der Waals surface area contributed by atoms with E-state index >= 15 is 0 Å². The van der Waals surface area contributed by atoms with Gasteiger partial charge in [0.05, 0.1) is 17.7 Å². The van der Waals surface area contributed by atoms with E-state index in [0.717, 1.165) is 0 Å². The van der Waals surface area contributed by atoms with Crippen LogP contribution in [0.1, 0.15) is 12.7 Å². The first-order chi connectivity index (χ1) is 6.95. The number of thiocarbonyl (C=S) groups is 1. The van der Waals surface area contributed by atoms with Gasteiger partial charge in [-0.05, 0) is 0 Å². The first-order valence-electron chi connectivity index (χ1n) is 4.27. The van der Waals surface area contributed by atoms with Crippen LogP contribution in [0.3, 0.4) is 0 Å². The first kappa shape index (κ1) is 12.1. The van der Waals surface area contributed by atoms with Crippen LogP contribution in [-0.4, -0.2) is 29.9 Å². The normalized spacial score (nSPS) is 11.5. The van der Waals surface area contributed by atoms with Gasteiger partial charge in [-0.3, -0.25) is 0 Å². The van der Waals surface area contributed by atoms with Crippen LogP contribution in [0.15, 0.2) is 11.2 Å². The highest BCUT2D eigenvalue weighted by atomic mass is 32.2. The van der Waals surface area contributed by atoms with Crippen molar-refractivity contribution in [1.82, 2.24) is 14.7 Å². The number of nitrogens with one attached hydrogen (secondary N) is 2. The molecule has 0 atom stereocenters. The number of H-pyrrole nitrogens is 1. The average molecular weight is 248 g/mol. The Balaban J connectivity index is 2.81. The molecule has 6 nitrogen and oxygen atoms in total. The zero-order valence-corrected chi connectivity index (χ0v) is 9.78. The SMILES string of the molecule is CCc1ncc(S(=O)(=O)NCC(N)=S)[nH]1. The van der Waals surface area contributed by atoms with E-state index in [1.54, 1.807) is 0 Å². The zero-order valence-electron chi connectivity index (χ0n) is 8.15. The van der Waals surface area contributed by atoms with Gasteiger partial charge in [0.25, 0.3) is 10.0 Å². The molecule has 84 valence electrons. The standard InChI is InChI=1S/C7H12N4O2S2/c1-2-6-9-4-7(11-6)15(12,13)10-3-5(8)14/h4,10H,2-3H2,1H3,(H2,8,14)(H,9,11). The van der Waals surface area contributed by atoms with E-state index in [-0.39, 0.29) is 16.6 Å². The second-order valence-corrected chi connectivity index (χ2v) is 5.10. The van der Waals surface area contributed by atoms with Crippen LogP contribution in [0, 0.1) is 0 Å². The van der Waals surface area contributed by atoms with Crippen molar-refractivity contribution in [1.29, 1.82) is 0 Å². The van der Waals surface area contributed by atoms with Crippen molar-refractivity contribution in [2.24, 2.45) is 5.73 Å². The smallest absolute Gasteiger partial charge is 0.258 e. The van der Waals surface area contributed by atoms with Crippen molar-refractivity contribution in [2.75, 3.05) is 6.54 Å². The van der Waals surface area contributed by atoms with E-state index in [2.05, 4.69) is 26.9 Å². The van der Waals surface area contributed by atoms with Gasteiger partial charge in [0.2, 0.25) is 0 Å². The molecule has 0 spiro atoms. The van der Waals surface area contributed by atoms with Crippen LogP contribution in [0.5, 0.6) is 0 Å². The van der Waals surface area contributed by atoms with Crippen LogP contribution >= 0.6 is 12.2 Å². The van der Waals surface area contributed by atoms with Crippen LogP contribution in [0.4, 0.5) is 0 Å². The molecule has 1 heterocycles. The van der Waals surface area contributed by atoms with Crippen LogP contribution in [0.25, 0.3) is 0 Å². The number of nitrogens with zero attached hydrogens (tertiary/aromatic N) is 1. The summed E-state index contributed by atoms with van der Waals surface area (Å²) in [4.78, 5) is 6.66. The molecule has 0 radical (unpaired) electrons. The average Bonchev–Trinajstić information content (AvgIpc) is 2.63. The van der Waals surface area contributed by atoms with Crippen molar-refractivity contribution in [3.63, 3.8) is 0 Å². The molecular weight excluding hydrogens is 236 g/mol. The Bertz CT molecular complexity index is 451.